The number of hydrogen-bond donors (Lipinski definition) is 3. The lowest BCUT2D eigenvalue weighted by atomic mass is 10.1. The summed E-state index contributed by atoms with van der Waals surface area (Å²) >= 11 is 0. The molecule has 116 valence electrons. The summed E-state index contributed by atoms with van der Waals surface area (Å²) in [5.41, 5.74) is 0. The van der Waals surface area contributed by atoms with E-state index in [-0.39, 0.29) is 17.7 Å². The minimum atomic E-state index is -1.61. The van der Waals surface area contributed by atoms with Crippen molar-refractivity contribution in [3.05, 3.63) is 0 Å². The van der Waals surface area contributed by atoms with Crippen molar-refractivity contribution in [2.24, 2.45) is 0 Å². The second-order valence-corrected chi connectivity index (χ2v) is 11.5. The van der Waals surface area contributed by atoms with Crippen LogP contribution in [0.4, 0.5) is 0 Å². The first-order valence-electron chi connectivity index (χ1n) is 7.34. The molecule has 0 rings (SSSR count). The van der Waals surface area contributed by atoms with Crippen molar-refractivity contribution in [1.82, 2.24) is 5.32 Å². The van der Waals surface area contributed by atoms with Crippen LogP contribution in [0, 0.1) is 0 Å². The van der Waals surface area contributed by atoms with E-state index in [1.54, 1.807) is 0 Å². The third-order valence-electron chi connectivity index (χ3n) is 3.87. The van der Waals surface area contributed by atoms with Crippen LogP contribution in [0.1, 0.15) is 40.0 Å². The minimum absolute atomic E-state index is 0.118. The predicted octanol–water partition coefficient (Wildman–Crippen LogP) is 2.12. The van der Waals surface area contributed by atoms with E-state index in [9.17, 15) is 5.11 Å². The second-order valence-electron chi connectivity index (χ2n) is 6.69. The summed E-state index contributed by atoms with van der Waals surface area (Å²) in [6.45, 7) is 13.3. The maximum absolute atomic E-state index is 9.69. The number of unbranched alkanes of at least 4 members (excludes halogenated alkanes) is 1. The van der Waals surface area contributed by atoms with Crippen molar-refractivity contribution >= 4 is 8.32 Å². The van der Waals surface area contributed by atoms with E-state index in [4.69, 9.17) is 9.53 Å². The molecule has 19 heavy (non-hydrogen) atoms. The van der Waals surface area contributed by atoms with Gasteiger partial charge in [0.25, 0.3) is 0 Å². The molecule has 0 aromatic heterocycles. The van der Waals surface area contributed by atoms with Gasteiger partial charge in [0.2, 0.25) is 0 Å². The Kier molecular flexibility index (Phi) is 9.10. The zero-order chi connectivity index (χ0) is 14.9. The molecule has 3 N–H and O–H groups in total. The lowest BCUT2D eigenvalue weighted by Crippen LogP contribution is -2.41. The van der Waals surface area contributed by atoms with Crippen molar-refractivity contribution in [2.45, 2.75) is 64.3 Å². The van der Waals surface area contributed by atoms with Crippen LogP contribution in [-0.4, -0.2) is 50.9 Å². The molecule has 0 spiro atoms. The molecule has 1 atom stereocenters. The molecule has 0 radical (unpaired) electrons. The first kappa shape index (κ1) is 19.1. The normalized spacial score (nSPS) is 14.7. The average Bonchev–Trinajstić information content (AvgIpc) is 2.27. The van der Waals surface area contributed by atoms with Gasteiger partial charge in [0.05, 0.1) is 12.7 Å². The summed E-state index contributed by atoms with van der Waals surface area (Å²) < 4.78 is 6.08. The highest BCUT2D eigenvalue weighted by molar-refractivity contribution is 6.74. The summed E-state index contributed by atoms with van der Waals surface area (Å²) in [6, 6.07) is 0. The fraction of sp³-hybridized carbons (Fsp3) is 1.00. The Morgan fingerprint density at radius 3 is 2.37 bits per heavy atom. The summed E-state index contributed by atoms with van der Waals surface area (Å²) in [5.74, 6) is 0. The number of nitrogens with one attached hydrogen (secondary N) is 1. The van der Waals surface area contributed by atoms with E-state index >= 15 is 0 Å². The van der Waals surface area contributed by atoms with Crippen LogP contribution in [0.15, 0.2) is 0 Å². The number of aliphatic hydroxyl groups is 2. The summed E-state index contributed by atoms with van der Waals surface area (Å²) in [4.78, 5) is 0. The van der Waals surface area contributed by atoms with Gasteiger partial charge in [-0.1, -0.05) is 20.8 Å². The van der Waals surface area contributed by atoms with Crippen molar-refractivity contribution in [2.75, 3.05) is 26.3 Å². The molecule has 1 unspecified atom stereocenters. The quantitative estimate of drug-likeness (QED) is 0.426. The van der Waals surface area contributed by atoms with E-state index in [1.165, 1.54) is 0 Å². The van der Waals surface area contributed by atoms with Gasteiger partial charge in [0, 0.05) is 19.7 Å². The van der Waals surface area contributed by atoms with Gasteiger partial charge in [-0.15, -0.1) is 0 Å². The molecular weight excluding hydrogens is 258 g/mol. The van der Waals surface area contributed by atoms with Crippen LogP contribution in [0.5, 0.6) is 0 Å². The van der Waals surface area contributed by atoms with Crippen LogP contribution in [0.25, 0.3) is 0 Å². The van der Waals surface area contributed by atoms with Crippen LogP contribution >= 0.6 is 0 Å². The van der Waals surface area contributed by atoms with Crippen LogP contribution in [0.2, 0.25) is 18.1 Å². The van der Waals surface area contributed by atoms with Gasteiger partial charge in [-0.05, 0) is 37.4 Å². The van der Waals surface area contributed by atoms with E-state index < -0.39 is 8.32 Å². The summed E-state index contributed by atoms with van der Waals surface area (Å²) in [5, 5.41) is 21.6. The predicted molar refractivity (Wildman–Crippen MR) is 83.0 cm³/mol. The SMILES string of the molecule is CC(C)(C)[Si](C)(C)OCCCCC(O)CNCCO. The smallest absolute Gasteiger partial charge is 0.191 e. The van der Waals surface area contributed by atoms with Crippen LogP contribution in [0.3, 0.4) is 0 Å². The highest BCUT2D eigenvalue weighted by Crippen LogP contribution is 2.36. The van der Waals surface area contributed by atoms with Gasteiger partial charge >= 0.3 is 0 Å². The largest absolute Gasteiger partial charge is 0.417 e. The van der Waals surface area contributed by atoms with Gasteiger partial charge in [-0.2, -0.15) is 0 Å². The molecule has 5 heteroatoms. The monoisotopic (exact) mass is 291 g/mol. The Labute approximate surface area is 119 Å². The number of hydrogen-bond acceptors (Lipinski definition) is 4. The Balaban J connectivity index is 3.60. The zero-order valence-corrected chi connectivity index (χ0v) is 14.3. The topological polar surface area (TPSA) is 61.7 Å². The lowest BCUT2D eigenvalue weighted by molar-refractivity contribution is 0.152. The van der Waals surface area contributed by atoms with Gasteiger partial charge in [-0.25, -0.2) is 0 Å². The highest BCUT2D eigenvalue weighted by atomic mass is 28.4. The maximum atomic E-state index is 9.69. The molecule has 0 heterocycles. The average molecular weight is 292 g/mol. The van der Waals surface area contributed by atoms with Crippen molar-refractivity contribution < 1.29 is 14.6 Å². The van der Waals surface area contributed by atoms with E-state index in [0.29, 0.717) is 13.1 Å². The second kappa shape index (κ2) is 9.08. The lowest BCUT2D eigenvalue weighted by Gasteiger charge is -2.36. The molecule has 0 bridgehead atoms. The van der Waals surface area contributed by atoms with Crippen molar-refractivity contribution in [3.8, 4) is 0 Å². The van der Waals surface area contributed by atoms with Gasteiger partial charge in [0.15, 0.2) is 8.32 Å². The Morgan fingerprint density at radius 1 is 1.21 bits per heavy atom. The molecule has 0 fully saturated rings. The summed E-state index contributed by atoms with van der Waals surface area (Å²) in [7, 11) is -1.61. The highest BCUT2D eigenvalue weighted by Gasteiger charge is 2.36. The molecule has 0 aromatic rings. The standard InChI is InChI=1S/C14H33NO3Si/c1-14(2,3)19(4,5)18-11-7-6-8-13(17)12-15-9-10-16/h13,15-17H,6-12H2,1-5H3. The molecule has 0 amide bonds. The van der Waals surface area contributed by atoms with Gasteiger partial charge < -0.3 is 20.0 Å². The fourth-order valence-corrected chi connectivity index (χ4v) is 2.56. The molecule has 0 aliphatic rings. The van der Waals surface area contributed by atoms with E-state index in [1.807, 2.05) is 0 Å². The third kappa shape index (κ3) is 8.76. The molecule has 0 saturated carbocycles. The molecule has 0 aliphatic heterocycles. The number of rotatable bonds is 10. The summed E-state index contributed by atoms with van der Waals surface area (Å²) in [6.07, 6.45) is 2.46. The molecule has 4 nitrogen and oxygen atoms in total. The van der Waals surface area contributed by atoms with E-state index in [2.05, 4.69) is 39.2 Å². The Hall–Kier alpha value is 0.0569. The molecular formula is C14H33NO3Si. The van der Waals surface area contributed by atoms with Crippen molar-refractivity contribution in [3.63, 3.8) is 0 Å². The molecule has 0 aliphatic carbocycles. The van der Waals surface area contributed by atoms with E-state index in [0.717, 1.165) is 25.9 Å². The van der Waals surface area contributed by atoms with Gasteiger partial charge in [-0.3, -0.25) is 0 Å². The van der Waals surface area contributed by atoms with Crippen LogP contribution < -0.4 is 5.32 Å². The third-order valence-corrected chi connectivity index (χ3v) is 8.41. The minimum Gasteiger partial charge on any atom is -0.417 e. The maximum Gasteiger partial charge on any atom is 0.191 e. The first-order chi connectivity index (χ1) is 8.70. The number of aliphatic hydroxyl groups excluding tert-OH is 2. The van der Waals surface area contributed by atoms with Gasteiger partial charge in [0.1, 0.15) is 0 Å². The fourth-order valence-electron chi connectivity index (χ4n) is 1.48. The van der Waals surface area contributed by atoms with Crippen LogP contribution in [-0.2, 0) is 4.43 Å². The Bertz CT molecular complexity index is 229. The molecule has 0 aromatic carbocycles. The Morgan fingerprint density at radius 2 is 1.84 bits per heavy atom. The van der Waals surface area contributed by atoms with Crippen molar-refractivity contribution in [1.29, 1.82) is 0 Å². The molecule has 0 saturated heterocycles. The zero-order valence-electron chi connectivity index (χ0n) is 13.3. The first-order valence-corrected chi connectivity index (χ1v) is 10.2.